The first-order chi connectivity index (χ1) is 15.4. The Bertz CT molecular complexity index is 907. The molecule has 2 aromatic heterocycles. The predicted octanol–water partition coefficient (Wildman–Crippen LogP) is 2.25. The minimum absolute atomic E-state index is 0.125. The quantitative estimate of drug-likeness (QED) is 0.650. The smallest absolute Gasteiger partial charge is 0.231 e. The van der Waals surface area contributed by atoms with Crippen molar-refractivity contribution in [3.05, 3.63) is 18.6 Å². The number of rotatable bonds is 8. The maximum Gasteiger partial charge on any atom is 0.231 e. The van der Waals surface area contributed by atoms with E-state index in [0.29, 0.717) is 13.1 Å². The Balaban J connectivity index is 1.46. The summed E-state index contributed by atoms with van der Waals surface area (Å²) in [4.78, 5) is 24.8. The number of likely N-dealkylation sites (tertiary alicyclic amines) is 1. The summed E-state index contributed by atoms with van der Waals surface area (Å²) in [5.74, 6) is 2.39. The van der Waals surface area contributed by atoms with Gasteiger partial charge in [0.1, 0.15) is 17.8 Å². The molecule has 8 nitrogen and oxygen atoms in total. The van der Waals surface area contributed by atoms with E-state index in [0.717, 1.165) is 54.7 Å². The van der Waals surface area contributed by atoms with Gasteiger partial charge in [0.2, 0.25) is 5.91 Å². The highest BCUT2D eigenvalue weighted by atomic mass is 16.3. The molecule has 32 heavy (non-hydrogen) atoms. The predicted molar refractivity (Wildman–Crippen MR) is 126 cm³/mol. The summed E-state index contributed by atoms with van der Waals surface area (Å²) in [6, 6.07) is 2.12. The molecule has 0 aromatic carbocycles. The Hall–Kier alpha value is -2.19. The van der Waals surface area contributed by atoms with Crippen molar-refractivity contribution in [3.8, 4) is 0 Å². The molecule has 3 heterocycles. The van der Waals surface area contributed by atoms with Gasteiger partial charge < -0.3 is 20.3 Å². The van der Waals surface area contributed by atoms with E-state index in [2.05, 4.69) is 45.5 Å². The molecule has 1 aliphatic carbocycles. The molecule has 1 aliphatic heterocycles. The molecule has 0 unspecified atom stereocenters. The number of carbonyl (C=O) groups is 1. The second kappa shape index (κ2) is 10.2. The average molecular weight is 443 g/mol. The number of carbonyl (C=O) groups excluding carboxylic acids is 1. The minimum atomic E-state index is -0.484. The van der Waals surface area contributed by atoms with E-state index in [1.165, 1.54) is 25.7 Å². The number of nitrogens with zero attached hydrogens (tertiary/aromatic N) is 5. The second-order valence-corrected chi connectivity index (χ2v) is 9.88. The Morgan fingerprint density at radius 2 is 2.03 bits per heavy atom. The maximum atomic E-state index is 11.2. The van der Waals surface area contributed by atoms with Crippen molar-refractivity contribution in [3.63, 3.8) is 0 Å². The lowest BCUT2D eigenvalue weighted by atomic mass is 9.83. The lowest BCUT2D eigenvalue weighted by molar-refractivity contribution is -0.120. The largest absolute Gasteiger partial charge is 0.391 e. The van der Waals surface area contributed by atoms with Crippen LogP contribution in [0.3, 0.4) is 0 Å². The molecule has 2 aromatic rings. The first-order valence-corrected chi connectivity index (χ1v) is 12.2. The lowest BCUT2D eigenvalue weighted by Crippen LogP contribution is -2.47. The molecule has 8 heteroatoms. The van der Waals surface area contributed by atoms with Crippen molar-refractivity contribution < 1.29 is 9.90 Å². The maximum absolute atomic E-state index is 11.2. The average Bonchev–Trinajstić information content (AvgIpc) is 3.18. The number of β-amino-alcohol motifs (C(OH)–C–C–N with tert-alkyl or cyclic N) is 1. The Labute approximate surface area is 190 Å². The molecule has 0 spiro atoms. The first kappa shape index (κ1) is 23.0. The van der Waals surface area contributed by atoms with E-state index in [-0.39, 0.29) is 18.4 Å². The van der Waals surface area contributed by atoms with Crippen LogP contribution in [0.5, 0.6) is 0 Å². The van der Waals surface area contributed by atoms with Crippen LogP contribution in [0.2, 0.25) is 0 Å². The molecular weight excluding hydrogens is 404 g/mol. The van der Waals surface area contributed by atoms with Crippen LogP contribution < -0.4 is 10.6 Å². The molecule has 4 rings (SSSR count). The van der Waals surface area contributed by atoms with Crippen LogP contribution in [0.4, 0.5) is 5.82 Å². The van der Waals surface area contributed by atoms with Crippen molar-refractivity contribution in [2.75, 3.05) is 37.6 Å². The highest BCUT2D eigenvalue weighted by Gasteiger charge is 2.29. The van der Waals surface area contributed by atoms with Gasteiger partial charge in [-0.05, 0) is 50.6 Å². The van der Waals surface area contributed by atoms with Crippen LogP contribution in [-0.4, -0.2) is 69.3 Å². The number of nitrogens with two attached hydrogens (primary N) is 1. The van der Waals surface area contributed by atoms with E-state index in [1.807, 2.05) is 4.90 Å². The zero-order valence-electron chi connectivity index (χ0n) is 19.5. The topological polar surface area (TPSA) is 101 Å². The van der Waals surface area contributed by atoms with Crippen molar-refractivity contribution in [2.45, 2.75) is 58.6 Å². The number of primary amides is 1. The number of aliphatic hydroxyl groups is 1. The molecule has 176 valence electrons. The van der Waals surface area contributed by atoms with Crippen LogP contribution in [0.1, 0.15) is 46.0 Å². The molecular formula is C24H38N6O2. The number of aliphatic hydroxyl groups excluding tert-OH is 1. The number of anilines is 1. The van der Waals surface area contributed by atoms with Crippen LogP contribution in [-0.2, 0) is 11.3 Å². The van der Waals surface area contributed by atoms with Crippen LogP contribution >= 0.6 is 0 Å². The standard InChI is InChI=1S/C24H38N6O2/c1-3-29(12-18-6-4-17(2)5-7-18)23-20-9-11-30(24(20)27-16-26-23)13-19-8-10-28(14-21(19)31)15-22(25)32/h9,11,16-19,21,31H,3-8,10,12-15H2,1-2H3,(H2,25,32)/t17-,18-,19-,21+/m0/s1. The molecule has 0 radical (unpaired) electrons. The van der Waals surface area contributed by atoms with Gasteiger partial charge >= 0.3 is 0 Å². The molecule has 1 amide bonds. The SMILES string of the molecule is CCN(C[C@H]1CC[C@H](C)CC1)c1ncnc2c1ccn2C[C@@H]1CCN(CC(N)=O)C[C@H]1O. The summed E-state index contributed by atoms with van der Waals surface area (Å²) in [5, 5.41) is 11.7. The van der Waals surface area contributed by atoms with Gasteiger partial charge in [-0.25, -0.2) is 9.97 Å². The zero-order chi connectivity index (χ0) is 22.7. The number of piperidine rings is 1. The third kappa shape index (κ3) is 5.23. The van der Waals surface area contributed by atoms with E-state index >= 15 is 0 Å². The highest BCUT2D eigenvalue weighted by molar-refractivity contribution is 5.87. The molecule has 2 fully saturated rings. The monoisotopic (exact) mass is 442 g/mol. The molecule has 1 saturated heterocycles. The number of fused-ring (bicyclic) bond motifs is 1. The Morgan fingerprint density at radius 1 is 1.25 bits per heavy atom. The summed E-state index contributed by atoms with van der Waals surface area (Å²) >= 11 is 0. The number of hydrogen-bond acceptors (Lipinski definition) is 6. The van der Waals surface area contributed by atoms with Crippen molar-refractivity contribution in [1.82, 2.24) is 19.4 Å². The summed E-state index contributed by atoms with van der Waals surface area (Å²) in [6.07, 6.45) is 9.36. The zero-order valence-corrected chi connectivity index (χ0v) is 19.5. The summed E-state index contributed by atoms with van der Waals surface area (Å²) < 4.78 is 2.15. The van der Waals surface area contributed by atoms with Gasteiger partial charge in [0.05, 0.1) is 18.0 Å². The molecule has 2 atom stereocenters. The van der Waals surface area contributed by atoms with Crippen molar-refractivity contribution in [1.29, 1.82) is 0 Å². The summed E-state index contributed by atoms with van der Waals surface area (Å²) in [5.41, 5.74) is 6.23. The fourth-order valence-corrected chi connectivity index (χ4v) is 5.45. The molecule has 0 bridgehead atoms. The van der Waals surface area contributed by atoms with Crippen molar-refractivity contribution in [2.24, 2.45) is 23.5 Å². The third-order valence-electron chi connectivity index (χ3n) is 7.45. The van der Waals surface area contributed by atoms with Crippen LogP contribution in [0.15, 0.2) is 18.6 Å². The fourth-order valence-electron chi connectivity index (χ4n) is 5.45. The third-order valence-corrected chi connectivity index (χ3v) is 7.45. The van der Waals surface area contributed by atoms with Crippen molar-refractivity contribution >= 4 is 22.8 Å². The van der Waals surface area contributed by atoms with E-state index in [1.54, 1.807) is 6.33 Å². The minimum Gasteiger partial charge on any atom is -0.391 e. The summed E-state index contributed by atoms with van der Waals surface area (Å²) in [7, 11) is 0. The van der Waals surface area contributed by atoms with Gasteiger partial charge in [0, 0.05) is 38.3 Å². The van der Waals surface area contributed by atoms with Gasteiger partial charge in [-0.2, -0.15) is 0 Å². The highest BCUT2D eigenvalue weighted by Crippen LogP contribution is 2.32. The number of hydrogen-bond donors (Lipinski definition) is 2. The number of amides is 1. The fraction of sp³-hybridized carbons (Fsp3) is 0.708. The van der Waals surface area contributed by atoms with Gasteiger partial charge in [-0.15, -0.1) is 0 Å². The second-order valence-electron chi connectivity index (χ2n) is 9.88. The lowest BCUT2D eigenvalue weighted by Gasteiger charge is -2.35. The van der Waals surface area contributed by atoms with Crippen LogP contribution in [0.25, 0.3) is 11.0 Å². The van der Waals surface area contributed by atoms with Crippen LogP contribution in [0, 0.1) is 17.8 Å². The Kier molecular flexibility index (Phi) is 7.30. The van der Waals surface area contributed by atoms with Gasteiger partial charge in [0.15, 0.2) is 0 Å². The normalized spacial score (nSPS) is 27.0. The van der Waals surface area contributed by atoms with E-state index in [9.17, 15) is 9.90 Å². The molecule has 3 N–H and O–H groups in total. The first-order valence-electron chi connectivity index (χ1n) is 12.2. The van der Waals surface area contributed by atoms with Gasteiger partial charge in [-0.1, -0.05) is 19.8 Å². The van der Waals surface area contributed by atoms with E-state index < -0.39 is 6.10 Å². The van der Waals surface area contributed by atoms with Gasteiger partial charge in [0.25, 0.3) is 0 Å². The Morgan fingerprint density at radius 3 is 2.72 bits per heavy atom. The summed E-state index contributed by atoms with van der Waals surface area (Å²) in [6.45, 7) is 8.72. The van der Waals surface area contributed by atoms with Gasteiger partial charge in [-0.3, -0.25) is 9.69 Å². The number of aromatic nitrogens is 3. The van der Waals surface area contributed by atoms with E-state index in [4.69, 9.17) is 5.73 Å². The molecule has 2 aliphatic rings. The molecule has 1 saturated carbocycles.